The summed E-state index contributed by atoms with van der Waals surface area (Å²) in [5.74, 6) is -0.422. The number of nitrogen functional groups attached to an aromatic ring is 2. The molecule has 0 saturated carbocycles. The number of hydrogen-bond donors (Lipinski definition) is 2. The van der Waals surface area contributed by atoms with Crippen LogP contribution in [0.1, 0.15) is 16.8 Å². The molecule has 0 fully saturated rings. The van der Waals surface area contributed by atoms with Crippen molar-refractivity contribution in [3.8, 4) is 0 Å². The number of ether oxygens (including phenoxy) is 1. The number of rotatable bonds is 6. The number of hydrogen-bond acceptors (Lipinski definition) is 9. The van der Waals surface area contributed by atoms with Crippen molar-refractivity contribution < 1.29 is 14.5 Å². The van der Waals surface area contributed by atoms with Crippen molar-refractivity contribution in [2.24, 2.45) is 0 Å². The van der Waals surface area contributed by atoms with E-state index >= 15 is 0 Å². The Labute approximate surface area is 146 Å². The van der Waals surface area contributed by atoms with Crippen molar-refractivity contribution in [1.82, 2.24) is 19.5 Å². The Morgan fingerprint density at radius 3 is 2.85 bits per heavy atom. The second-order valence-corrected chi connectivity index (χ2v) is 5.39. The van der Waals surface area contributed by atoms with E-state index in [1.165, 1.54) is 18.5 Å². The Kier molecular flexibility index (Phi) is 4.60. The standard InChI is InChI=1S/C15H15N7O4/c16-11-3-2-9(22(24)25)6-10(11)15(23)26-5-1-4-21-8-20-12-13(17)18-7-19-14(12)21/h2-3,6-8H,1,4-5,16H2,(H2,17,18,19). The summed E-state index contributed by atoms with van der Waals surface area (Å²) in [6.45, 7) is 0.589. The van der Waals surface area contributed by atoms with Gasteiger partial charge in [-0.15, -0.1) is 0 Å². The molecule has 3 aromatic rings. The number of imidazole rings is 1. The van der Waals surface area contributed by atoms with E-state index in [1.54, 1.807) is 10.9 Å². The van der Waals surface area contributed by atoms with Crippen LogP contribution in [0.5, 0.6) is 0 Å². The fourth-order valence-corrected chi connectivity index (χ4v) is 2.37. The number of benzene rings is 1. The van der Waals surface area contributed by atoms with E-state index in [9.17, 15) is 14.9 Å². The molecule has 0 amide bonds. The molecule has 0 unspecified atom stereocenters. The number of nitrogens with two attached hydrogens (primary N) is 2. The summed E-state index contributed by atoms with van der Waals surface area (Å²) in [6.07, 6.45) is 3.41. The molecule has 4 N–H and O–H groups in total. The van der Waals surface area contributed by atoms with Gasteiger partial charge in [0, 0.05) is 24.4 Å². The fraction of sp³-hybridized carbons (Fsp3) is 0.200. The highest BCUT2D eigenvalue weighted by molar-refractivity contribution is 5.95. The normalized spacial score (nSPS) is 10.8. The minimum Gasteiger partial charge on any atom is -0.462 e. The average molecular weight is 357 g/mol. The van der Waals surface area contributed by atoms with Crippen LogP contribution < -0.4 is 11.5 Å². The van der Waals surface area contributed by atoms with E-state index in [-0.39, 0.29) is 23.5 Å². The van der Waals surface area contributed by atoms with Gasteiger partial charge in [0.05, 0.1) is 23.4 Å². The Bertz CT molecular complexity index is 985. The number of fused-ring (bicyclic) bond motifs is 1. The summed E-state index contributed by atoms with van der Waals surface area (Å²) in [4.78, 5) is 34.4. The van der Waals surface area contributed by atoms with Gasteiger partial charge >= 0.3 is 5.97 Å². The van der Waals surface area contributed by atoms with Crippen molar-refractivity contribution in [3.05, 3.63) is 46.5 Å². The lowest BCUT2D eigenvalue weighted by atomic mass is 10.1. The first-order chi connectivity index (χ1) is 12.5. The van der Waals surface area contributed by atoms with E-state index < -0.39 is 10.9 Å². The van der Waals surface area contributed by atoms with Gasteiger partial charge < -0.3 is 20.8 Å². The minimum absolute atomic E-state index is 0.0344. The zero-order chi connectivity index (χ0) is 18.7. The molecule has 11 nitrogen and oxygen atoms in total. The number of aromatic nitrogens is 4. The van der Waals surface area contributed by atoms with Gasteiger partial charge in [-0.25, -0.2) is 19.7 Å². The first-order valence-electron chi connectivity index (χ1n) is 7.59. The minimum atomic E-state index is -0.715. The number of non-ortho nitro benzene ring substituents is 1. The number of nitro benzene ring substituents is 1. The van der Waals surface area contributed by atoms with Gasteiger partial charge in [-0.1, -0.05) is 0 Å². The Morgan fingerprint density at radius 1 is 1.27 bits per heavy atom. The number of esters is 1. The Morgan fingerprint density at radius 2 is 2.08 bits per heavy atom. The maximum Gasteiger partial charge on any atom is 0.340 e. The monoisotopic (exact) mass is 357 g/mol. The Hall–Kier alpha value is -3.76. The van der Waals surface area contributed by atoms with Crippen LogP contribution in [-0.4, -0.2) is 37.0 Å². The third kappa shape index (κ3) is 3.36. The van der Waals surface area contributed by atoms with Crippen LogP contribution in [0.25, 0.3) is 11.2 Å². The third-order valence-electron chi connectivity index (χ3n) is 3.67. The van der Waals surface area contributed by atoms with Crippen LogP contribution in [0, 0.1) is 10.1 Å². The van der Waals surface area contributed by atoms with Crippen LogP contribution in [0.15, 0.2) is 30.9 Å². The molecule has 1 aromatic carbocycles. The molecule has 0 bridgehead atoms. The molecule has 11 heteroatoms. The molecule has 0 aliphatic heterocycles. The summed E-state index contributed by atoms with van der Waals surface area (Å²) in [5, 5.41) is 10.8. The maximum atomic E-state index is 12.1. The van der Waals surface area contributed by atoms with Gasteiger partial charge in [-0.05, 0) is 12.5 Å². The number of aryl methyl sites for hydroxylation is 1. The summed E-state index contributed by atoms with van der Waals surface area (Å²) in [6, 6.07) is 3.63. The first-order valence-corrected chi connectivity index (χ1v) is 7.59. The highest BCUT2D eigenvalue weighted by Gasteiger charge is 2.16. The number of nitrogens with zero attached hydrogens (tertiary/aromatic N) is 5. The summed E-state index contributed by atoms with van der Waals surface area (Å²) in [7, 11) is 0. The highest BCUT2D eigenvalue weighted by atomic mass is 16.6. The van der Waals surface area contributed by atoms with Crippen molar-refractivity contribution >= 4 is 34.3 Å². The van der Waals surface area contributed by atoms with Gasteiger partial charge in [0.15, 0.2) is 11.5 Å². The molecule has 2 heterocycles. The second kappa shape index (κ2) is 7.01. The van der Waals surface area contributed by atoms with Crippen molar-refractivity contribution in [2.75, 3.05) is 18.1 Å². The number of carbonyl (C=O) groups is 1. The third-order valence-corrected chi connectivity index (χ3v) is 3.67. The van der Waals surface area contributed by atoms with Gasteiger partial charge in [0.2, 0.25) is 0 Å². The van der Waals surface area contributed by atoms with Crippen LogP contribution >= 0.6 is 0 Å². The predicted octanol–water partition coefficient (Wildman–Crippen LogP) is 1.15. The van der Waals surface area contributed by atoms with Crippen molar-refractivity contribution in [3.63, 3.8) is 0 Å². The summed E-state index contributed by atoms with van der Waals surface area (Å²) in [5.41, 5.74) is 12.4. The van der Waals surface area contributed by atoms with Crippen LogP contribution in [0.4, 0.5) is 17.2 Å². The zero-order valence-electron chi connectivity index (χ0n) is 13.5. The smallest absolute Gasteiger partial charge is 0.340 e. The largest absolute Gasteiger partial charge is 0.462 e. The molecule has 0 aliphatic carbocycles. The van der Waals surface area contributed by atoms with Crippen molar-refractivity contribution in [1.29, 1.82) is 0 Å². The number of nitro groups is 1. The fourth-order valence-electron chi connectivity index (χ4n) is 2.37. The van der Waals surface area contributed by atoms with Gasteiger partial charge in [0.25, 0.3) is 5.69 Å². The highest BCUT2D eigenvalue weighted by Crippen LogP contribution is 2.20. The molecular formula is C15H15N7O4. The van der Waals surface area contributed by atoms with Gasteiger partial charge in [-0.2, -0.15) is 0 Å². The van der Waals surface area contributed by atoms with Crippen LogP contribution in [0.2, 0.25) is 0 Å². The molecule has 0 saturated heterocycles. The van der Waals surface area contributed by atoms with Crippen molar-refractivity contribution in [2.45, 2.75) is 13.0 Å². The molecule has 3 rings (SSSR count). The van der Waals surface area contributed by atoms with E-state index in [0.717, 1.165) is 6.07 Å². The molecule has 0 atom stereocenters. The quantitative estimate of drug-likeness (QED) is 0.216. The lowest BCUT2D eigenvalue weighted by molar-refractivity contribution is -0.384. The average Bonchev–Trinajstić information content (AvgIpc) is 3.03. The summed E-state index contributed by atoms with van der Waals surface area (Å²) >= 11 is 0. The second-order valence-electron chi connectivity index (χ2n) is 5.39. The molecule has 0 aliphatic rings. The summed E-state index contributed by atoms with van der Waals surface area (Å²) < 4.78 is 6.91. The zero-order valence-corrected chi connectivity index (χ0v) is 13.5. The lowest BCUT2D eigenvalue weighted by Crippen LogP contribution is -2.11. The molecule has 0 radical (unpaired) electrons. The molecule has 2 aromatic heterocycles. The Balaban J connectivity index is 1.60. The van der Waals surface area contributed by atoms with Gasteiger partial charge in [-0.3, -0.25) is 10.1 Å². The van der Waals surface area contributed by atoms with Gasteiger partial charge in [0.1, 0.15) is 11.8 Å². The topological polar surface area (TPSA) is 165 Å². The van der Waals surface area contributed by atoms with Crippen LogP contribution in [-0.2, 0) is 11.3 Å². The SMILES string of the molecule is Nc1ccc([N+](=O)[O-])cc1C(=O)OCCCn1cnc2c(N)ncnc21. The molecule has 26 heavy (non-hydrogen) atoms. The van der Waals surface area contributed by atoms with Crippen LogP contribution in [0.3, 0.4) is 0 Å². The molecule has 134 valence electrons. The molecule has 0 spiro atoms. The molecular weight excluding hydrogens is 342 g/mol. The van der Waals surface area contributed by atoms with E-state index in [2.05, 4.69) is 15.0 Å². The van der Waals surface area contributed by atoms with E-state index in [4.69, 9.17) is 16.2 Å². The number of carbonyl (C=O) groups excluding carboxylic acids is 1. The maximum absolute atomic E-state index is 12.1. The first kappa shape index (κ1) is 17.1. The predicted molar refractivity (Wildman–Crippen MR) is 92.1 cm³/mol. The lowest BCUT2D eigenvalue weighted by Gasteiger charge is -2.07. The van der Waals surface area contributed by atoms with E-state index in [1.807, 2.05) is 0 Å². The number of anilines is 2. The van der Waals surface area contributed by atoms with E-state index in [0.29, 0.717) is 29.9 Å².